The molecule has 0 saturated carbocycles. The zero-order valence-electron chi connectivity index (χ0n) is 16.4. The van der Waals surface area contributed by atoms with Gasteiger partial charge in [-0.15, -0.1) is 0 Å². The molecule has 132 valence electrons. The van der Waals surface area contributed by atoms with E-state index < -0.39 is 0 Å². The van der Waals surface area contributed by atoms with Crippen LogP contribution in [0, 0.1) is 0 Å². The van der Waals surface area contributed by atoms with Crippen LogP contribution in [0.5, 0.6) is 5.75 Å². The van der Waals surface area contributed by atoms with Gasteiger partial charge >= 0.3 is 0 Å². The molecule has 1 heteroatoms. The fraction of sp³-hybridized carbons (Fsp3) is 0.417. The molecule has 2 aromatic carbocycles. The highest BCUT2D eigenvalue weighted by atomic mass is 16.5. The van der Waals surface area contributed by atoms with Crippen molar-refractivity contribution in [3.63, 3.8) is 0 Å². The van der Waals surface area contributed by atoms with Crippen LogP contribution < -0.4 is 4.74 Å². The Morgan fingerprint density at radius 2 is 1.48 bits per heavy atom. The van der Waals surface area contributed by atoms with Gasteiger partial charge < -0.3 is 4.74 Å². The zero-order valence-corrected chi connectivity index (χ0v) is 16.4. The van der Waals surface area contributed by atoms with Crippen LogP contribution in [0.15, 0.2) is 42.5 Å². The summed E-state index contributed by atoms with van der Waals surface area (Å²) in [6.07, 6.45) is 4.76. The first kappa shape index (κ1) is 17.8. The maximum Gasteiger partial charge on any atom is 0.118 e. The first-order valence-corrected chi connectivity index (χ1v) is 9.21. The molecule has 1 aliphatic rings. The minimum atomic E-state index is 0.251. The van der Waals surface area contributed by atoms with Crippen molar-refractivity contribution in [1.29, 1.82) is 0 Å². The van der Waals surface area contributed by atoms with E-state index in [-0.39, 0.29) is 10.8 Å². The molecule has 0 bridgehead atoms. The fourth-order valence-electron chi connectivity index (χ4n) is 3.87. The lowest BCUT2D eigenvalue weighted by Gasteiger charge is -2.42. The van der Waals surface area contributed by atoms with E-state index in [2.05, 4.69) is 71.0 Å². The van der Waals surface area contributed by atoms with Crippen LogP contribution in [-0.4, -0.2) is 7.11 Å². The maximum atomic E-state index is 5.24. The molecule has 3 rings (SSSR count). The van der Waals surface area contributed by atoms with Crippen molar-refractivity contribution in [2.45, 2.75) is 58.3 Å². The minimum Gasteiger partial charge on any atom is -0.497 e. The number of hydrogen-bond donors (Lipinski definition) is 0. The molecule has 0 amide bonds. The Morgan fingerprint density at radius 1 is 0.880 bits per heavy atom. The van der Waals surface area contributed by atoms with Crippen LogP contribution >= 0.6 is 0 Å². The molecular weight excluding hydrogens is 304 g/mol. The van der Waals surface area contributed by atoms with Crippen LogP contribution in [0.4, 0.5) is 0 Å². The van der Waals surface area contributed by atoms with Crippen LogP contribution in [0.3, 0.4) is 0 Å². The lowest BCUT2D eigenvalue weighted by Crippen LogP contribution is -2.33. The van der Waals surface area contributed by atoms with Gasteiger partial charge in [0.05, 0.1) is 7.11 Å². The monoisotopic (exact) mass is 334 g/mol. The molecule has 25 heavy (non-hydrogen) atoms. The zero-order chi connectivity index (χ0) is 18.2. The third kappa shape index (κ3) is 3.51. The Hall–Kier alpha value is -2.02. The van der Waals surface area contributed by atoms with E-state index in [1.54, 1.807) is 7.11 Å². The maximum absolute atomic E-state index is 5.24. The molecule has 0 atom stereocenters. The van der Waals surface area contributed by atoms with Crippen molar-refractivity contribution in [2.75, 3.05) is 7.11 Å². The Bertz CT molecular complexity index is 791. The summed E-state index contributed by atoms with van der Waals surface area (Å²) in [4.78, 5) is 0. The normalized spacial score (nSPS) is 18.6. The molecule has 0 heterocycles. The molecule has 0 aromatic heterocycles. The Balaban J connectivity index is 1.99. The number of allylic oxidation sites excluding steroid dienone is 1. The fourth-order valence-corrected chi connectivity index (χ4v) is 3.87. The highest BCUT2D eigenvalue weighted by Crippen LogP contribution is 2.46. The van der Waals surface area contributed by atoms with E-state index in [0.29, 0.717) is 0 Å². The van der Waals surface area contributed by atoms with Crippen molar-refractivity contribution in [1.82, 2.24) is 0 Å². The van der Waals surface area contributed by atoms with Crippen molar-refractivity contribution in [3.05, 3.63) is 64.7 Å². The van der Waals surface area contributed by atoms with Crippen molar-refractivity contribution in [2.24, 2.45) is 0 Å². The number of ether oxygens (including phenoxy) is 1. The molecule has 0 aliphatic heterocycles. The predicted octanol–water partition coefficient (Wildman–Crippen LogP) is 6.60. The second-order valence-electron chi connectivity index (χ2n) is 8.63. The van der Waals surface area contributed by atoms with E-state index in [1.165, 1.54) is 40.7 Å². The summed E-state index contributed by atoms with van der Waals surface area (Å²) in [5.74, 6) is 0.896. The molecule has 1 aliphatic carbocycles. The van der Waals surface area contributed by atoms with Crippen molar-refractivity contribution in [3.8, 4) is 5.75 Å². The first-order valence-electron chi connectivity index (χ1n) is 9.21. The summed E-state index contributed by atoms with van der Waals surface area (Å²) in [5.41, 5.74) is 7.38. The van der Waals surface area contributed by atoms with E-state index in [0.717, 1.165) is 5.75 Å². The Morgan fingerprint density at radius 3 is 2.08 bits per heavy atom. The molecule has 1 nitrogen and oxygen atoms in total. The van der Waals surface area contributed by atoms with Crippen LogP contribution in [-0.2, 0) is 10.8 Å². The Kier molecular flexibility index (Phi) is 4.53. The highest BCUT2D eigenvalue weighted by molar-refractivity contribution is 5.80. The number of fused-ring (bicyclic) bond motifs is 1. The number of hydrogen-bond acceptors (Lipinski definition) is 1. The number of benzene rings is 2. The third-order valence-corrected chi connectivity index (χ3v) is 5.81. The highest BCUT2D eigenvalue weighted by Gasteiger charge is 2.36. The second-order valence-corrected chi connectivity index (χ2v) is 8.63. The van der Waals surface area contributed by atoms with Crippen LogP contribution in [0.25, 0.3) is 11.6 Å². The molecule has 0 saturated heterocycles. The van der Waals surface area contributed by atoms with Crippen LogP contribution in [0.2, 0.25) is 0 Å². The number of rotatable bonds is 3. The van der Waals surface area contributed by atoms with E-state index >= 15 is 0 Å². The summed E-state index contributed by atoms with van der Waals surface area (Å²) in [6, 6.07) is 15.3. The van der Waals surface area contributed by atoms with Gasteiger partial charge in [0.1, 0.15) is 5.75 Å². The van der Waals surface area contributed by atoms with Gasteiger partial charge in [-0.05, 0) is 70.6 Å². The van der Waals surface area contributed by atoms with Gasteiger partial charge in [-0.25, -0.2) is 0 Å². The van der Waals surface area contributed by atoms with Gasteiger partial charge in [0, 0.05) is 0 Å². The van der Waals surface area contributed by atoms with Gasteiger partial charge in [-0.1, -0.05) is 64.1 Å². The standard InChI is InChI=1S/C24H30O/c1-17(15-18-7-10-20(25-6)11-8-18)19-9-12-21-22(16-19)24(4,5)14-13-23(21,2)3/h7-12,15-16H,13-14H2,1-6H3/b17-15-. The topological polar surface area (TPSA) is 9.23 Å². The summed E-state index contributed by atoms with van der Waals surface area (Å²) >= 11 is 0. The number of methoxy groups -OCH3 is 1. The van der Waals surface area contributed by atoms with Crippen molar-refractivity contribution < 1.29 is 4.74 Å². The summed E-state index contributed by atoms with van der Waals surface area (Å²) in [7, 11) is 1.70. The third-order valence-electron chi connectivity index (χ3n) is 5.81. The summed E-state index contributed by atoms with van der Waals surface area (Å²) in [5, 5.41) is 0. The van der Waals surface area contributed by atoms with Crippen molar-refractivity contribution >= 4 is 11.6 Å². The van der Waals surface area contributed by atoms with Crippen LogP contribution in [0.1, 0.15) is 69.7 Å². The molecule has 0 radical (unpaired) electrons. The molecule has 0 unspecified atom stereocenters. The van der Waals surface area contributed by atoms with Gasteiger partial charge in [0.15, 0.2) is 0 Å². The quantitative estimate of drug-likeness (QED) is 0.574. The van der Waals surface area contributed by atoms with E-state index in [1.807, 2.05) is 12.1 Å². The molecular formula is C24H30O. The summed E-state index contributed by atoms with van der Waals surface area (Å²) in [6.45, 7) is 11.7. The second kappa shape index (κ2) is 6.37. The lowest BCUT2D eigenvalue weighted by atomic mass is 9.63. The van der Waals surface area contributed by atoms with Gasteiger partial charge in [0.2, 0.25) is 0 Å². The molecule has 2 aromatic rings. The molecule has 0 spiro atoms. The minimum absolute atomic E-state index is 0.251. The summed E-state index contributed by atoms with van der Waals surface area (Å²) < 4.78 is 5.24. The van der Waals surface area contributed by atoms with Gasteiger partial charge in [-0.2, -0.15) is 0 Å². The average Bonchev–Trinajstić information content (AvgIpc) is 2.59. The largest absolute Gasteiger partial charge is 0.497 e. The smallest absolute Gasteiger partial charge is 0.118 e. The first-order chi connectivity index (χ1) is 11.7. The Labute approximate surface area is 152 Å². The lowest BCUT2D eigenvalue weighted by molar-refractivity contribution is 0.332. The van der Waals surface area contributed by atoms with E-state index in [4.69, 9.17) is 4.74 Å². The van der Waals surface area contributed by atoms with Gasteiger partial charge in [-0.3, -0.25) is 0 Å². The predicted molar refractivity (Wildman–Crippen MR) is 108 cm³/mol. The van der Waals surface area contributed by atoms with E-state index in [9.17, 15) is 0 Å². The average molecular weight is 335 g/mol. The van der Waals surface area contributed by atoms with Gasteiger partial charge in [0.25, 0.3) is 0 Å². The SMILES string of the molecule is COc1ccc(/C=C(/C)c2ccc3c(c2)C(C)(C)CCC3(C)C)cc1. The molecule has 0 fully saturated rings. The molecule has 0 N–H and O–H groups in total.